The molecule has 174 valence electrons. The number of benzene rings is 1. The van der Waals surface area contributed by atoms with Crippen molar-refractivity contribution in [3.05, 3.63) is 47.9 Å². The maximum atomic E-state index is 12.8. The van der Waals surface area contributed by atoms with Crippen molar-refractivity contribution in [1.29, 1.82) is 0 Å². The largest absolute Gasteiger partial charge is 0.493 e. The summed E-state index contributed by atoms with van der Waals surface area (Å²) in [4.78, 5) is 4.41. The van der Waals surface area contributed by atoms with Crippen LogP contribution in [0, 0.1) is 0 Å². The molecular weight excluding hydrogens is 523 g/mol. The molecule has 0 aliphatic heterocycles. The van der Waals surface area contributed by atoms with Crippen molar-refractivity contribution < 1.29 is 27.8 Å². The van der Waals surface area contributed by atoms with Gasteiger partial charge in [0.25, 0.3) is 0 Å². The predicted octanol–water partition coefficient (Wildman–Crippen LogP) is 4.25. The third-order valence-electron chi connectivity index (χ3n) is 4.13. The monoisotopic (exact) mass is 553 g/mol. The number of hydrogen-bond acceptors (Lipinski definition) is 5. The number of ether oxygens (including phenoxy) is 2. The second-order valence-corrected chi connectivity index (χ2v) is 6.80. The first-order valence-electron chi connectivity index (χ1n) is 9.84. The average molecular weight is 553 g/mol. The van der Waals surface area contributed by atoms with Crippen molar-refractivity contribution in [3.8, 4) is 11.5 Å². The van der Waals surface area contributed by atoms with E-state index in [1.54, 1.807) is 31.2 Å². The van der Waals surface area contributed by atoms with E-state index in [9.17, 15) is 13.9 Å². The molecule has 31 heavy (non-hydrogen) atoms. The molecule has 2 aromatic rings. The lowest BCUT2D eigenvalue weighted by Crippen LogP contribution is -2.44. The molecule has 0 saturated heterocycles. The van der Waals surface area contributed by atoms with Gasteiger partial charge >= 0.3 is 6.61 Å². The van der Waals surface area contributed by atoms with Crippen molar-refractivity contribution in [2.75, 3.05) is 19.7 Å². The number of halogens is 3. The van der Waals surface area contributed by atoms with Crippen molar-refractivity contribution in [2.45, 2.75) is 45.9 Å². The van der Waals surface area contributed by atoms with Crippen LogP contribution in [0.3, 0.4) is 0 Å². The second kappa shape index (κ2) is 13.4. The molecule has 1 aromatic heterocycles. The van der Waals surface area contributed by atoms with E-state index >= 15 is 0 Å². The number of aliphatic hydroxyl groups is 1. The van der Waals surface area contributed by atoms with Crippen LogP contribution in [0.1, 0.15) is 38.5 Å². The number of nitrogens with zero attached hydrogens (tertiary/aromatic N) is 1. The van der Waals surface area contributed by atoms with Crippen molar-refractivity contribution >= 4 is 29.9 Å². The van der Waals surface area contributed by atoms with Crippen LogP contribution in [0.4, 0.5) is 8.78 Å². The summed E-state index contributed by atoms with van der Waals surface area (Å²) < 4.78 is 41.1. The fraction of sp³-hybridized carbons (Fsp3) is 0.476. The number of rotatable bonds is 11. The summed E-state index contributed by atoms with van der Waals surface area (Å²) in [5.74, 6) is 1.31. The first kappa shape index (κ1) is 27.0. The van der Waals surface area contributed by atoms with E-state index in [2.05, 4.69) is 20.4 Å². The molecule has 1 unspecified atom stereocenters. The van der Waals surface area contributed by atoms with Crippen LogP contribution in [0.25, 0.3) is 0 Å². The van der Waals surface area contributed by atoms with Crippen LogP contribution < -0.4 is 20.1 Å². The van der Waals surface area contributed by atoms with Gasteiger partial charge in [-0.2, -0.15) is 8.78 Å². The number of hydrogen-bond donors (Lipinski definition) is 3. The molecule has 2 rings (SSSR count). The molecule has 0 spiro atoms. The fourth-order valence-electron chi connectivity index (χ4n) is 2.61. The Morgan fingerprint density at radius 1 is 1.26 bits per heavy atom. The number of furan rings is 1. The van der Waals surface area contributed by atoms with E-state index in [-0.39, 0.29) is 42.8 Å². The molecule has 0 aliphatic rings. The van der Waals surface area contributed by atoms with Crippen molar-refractivity contribution in [2.24, 2.45) is 4.99 Å². The SMILES string of the molecule is CCCOc1ccc(CN=C(NCC)NCC(C)(O)c2ccco2)c(OC(F)F)c1.I. The zero-order chi connectivity index (χ0) is 22.0. The van der Waals surface area contributed by atoms with Gasteiger partial charge in [-0.25, -0.2) is 4.99 Å². The molecule has 1 heterocycles. The highest BCUT2D eigenvalue weighted by Crippen LogP contribution is 2.27. The van der Waals surface area contributed by atoms with E-state index in [1.165, 1.54) is 12.3 Å². The molecule has 0 aliphatic carbocycles. The minimum atomic E-state index is -2.95. The highest BCUT2D eigenvalue weighted by atomic mass is 127. The van der Waals surface area contributed by atoms with Gasteiger partial charge < -0.3 is 29.6 Å². The number of guanidine groups is 1. The quantitative estimate of drug-likeness (QED) is 0.219. The van der Waals surface area contributed by atoms with Gasteiger partial charge in [-0.05, 0) is 44.5 Å². The van der Waals surface area contributed by atoms with E-state index < -0.39 is 12.2 Å². The maximum Gasteiger partial charge on any atom is 0.387 e. The third kappa shape index (κ3) is 8.90. The molecular formula is C21H30F2IN3O4. The van der Waals surface area contributed by atoms with Gasteiger partial charge in [-0.3, -0.25) is 0 Å². The van der Waals surface area contributed by atoms with Crippen LogP contribution in [0.5, 0.6) is 11.5 Å². The standard InChI is InChI=1S/C21H29F2N3O4.HI/c1-4-10-28-16-9-8-15(17(12-16)30-19(22)23)13-25-20(24-5-2)26-14-21(3,27)18-7-6-11-29-18;/h6-9,11-12,19,27H,4-5,10,13-14H2,1-3H3,(H2,24,25,26);1H. The van der Waals surface area contributed by atoms with Crippen LogP contribution in [0.15, 0.2) is 46.0 Å². The fourth-order valence-corrected chi connectivity index (χ4v) is 2.61. The summed E-state index contributed by atoms with van der Waals surface area (Å²) >= 11 is 0. The Bertz CT molecular complexity index is 802. The normalized spacial score (nSPS) is 13.3. The summed E-state index contributed by atoms with van der Waals surface area (Å²) in [5, 5.41) is 16.7. The Morgan fingerprint density at radius 3 is 2.65 bits per heavy atom. The van der Waals surface area contributed by atoms with Gasteiger partial charge in [0.1, 0.15) is 22.9 Å². The summed E-state index contributed by atoms with van der Waals surface area (Å²) in [6, 6.07) is 8.16. The van der Waals surface area contributed by atoms with Crippen molar-refractivity contribution in [3.63, 3.8) is 0 Å². The number of nitrogens with one attached hydrogen (secondary N) is 2. The average Bonchev–Trinajstić information content (AvgIpc) is 3.25. The van der Waals surface area contributed by atoms with Crippen LogP contribution in [0.2, 0.25) is 0 Å². The lowest BCUT2D eigenvalue weighted by molar-refractivity contribution is -0.0505. The third-order valence-corrected chi connectivity index (χ3v) is 4.13. The van der Waals surface area contributed by atoms with Crippen LogP contribution in [-0.2, 0) is 12.1 Å². The zero-order valence-electron chi connectivity index (χ0n) is 17.9. The Kier molecular flexibility index (Phi) is 11.6. The highest BCUT2D eigenvalue weighted by Gasteiger charge is 2.26. The van der Waals surface area contributed by atoms with E-state index in [1.807, 2.05) is 13.8 Å². The maximum absolute atomic E-state index is 12.8. The lowest BCUT2D eigenvalue weighted by Gasteiger charge is -2.22. The Labute approximate surface area is 198 Å². The molecule has 0 saturated carbocycles. The van der Waals surface area contributed by atoms with Gasteiger partial charge in [0.2, 0.25) is 0 Å². The summed E-state index contributed by atoms with van der Waals surface area (Å²) in [7, 11) is 0. The topological polar surface area (TPSA) is 88.2 Å². The van der Waals surface area contributed by atoms with Crippen molar-refractivity contribution in [1.82, 2.24) is 10.6 Å². The lowest BCUT2D eigenvalue weighted by atomic mass is 10.0. The van der Waals surface area contributed by atoms with Gasteiger partial charge in [-0.1, -0.05) is 6.92 Å². The van der Waals surface area contributed by atoms with Gasteiger partial charge in [0, 0.05) is 18.2 Å². The first-order chi connectivity index (χ1) is 14.4. The Morgan fingerprint density at radius 2 is 2.03 bits per heavy atom. The van der Waals surface area contributed by atoms with Gasteiger partial charge in [-0.15, -0.1) is 24.0 Å². The minimum Gasteiger partial charge on any atom is -0.493 e. The van der Waals surface area contributed by atoms with Gasteiger partial charge in [0.15, 0.2) is 5.96 Å². The van der Waals surface area contributed by atoms with E-state index in [0.717, 1.165) is 6.42 Å². The predicted molar refractivity (Wildman–Crippen MR) is 125 cm³/mol. The van der Waals surface area contributed by atoms with Crippen LogP contribution >= 0.6 is 24.0 Å². The highest BCUT2D eigenvalue weighted by molar-refractivity contribution is 14.0. The molecule has 0 bridgehead atoms. The summed E-state index contributed by atoms with van der Waals surface area (Å²) in [6.45, 7) is 3.81. The molecule has 0 radical (unpaired) electrons. The minimum absolute atomic E-state index is 0. The molecule has 0 amide bonds. The number of aliphatic imine (C=N–C) groups is 1. The van der Waals surface area contributed by atoms with E-state index in [0.29, 0.717) is 36.2 Å². The molecule has 7 nitrogen and oxygen atoms in total. The Balaban J connectivity index is 0.00000480. The molecule has 0 fully saturated rings. The zero-order valence-corrected chi connectivity index (χ0v) is 20.2. The summed E-state index contributed by atoms with van der Waals surface area (Å²) in [5.41, 5.74) is -0.767. The van der Waals surface area contributed by atoms with Crippen LogP contribution in [-0.4, -0.2) is 37.4 Å². The van der Waals surface area contributed by atoms with E-state index in [4.69, 9.17) is 9.15 Å². The molecule has 1 aromatic carbocycles. The first-order valence-corrected chi connectivity index (χ1v) is 9.84. The molecule has 1 atom stereocenters. The number of alkyl halides is 2. The Hall–Kier alpha value is -2.08. The second-order valence-electron chi connectivity index (χ2n) is 6.80. The molecule has 3 N–H and O–H groups in total. The van der Waals surface area contributed by atoms with Gasteiger partial charge in [0.05, 0.1) is 26.0 Å². The smallest absolute Gasteiger partial charge is 0.387 e. The summed E-state index contributed by atoms with van der Waals surface area (Å²) in [6.07, 6.45) is 2.29. The molecule has 10 heteroatoms.